The minimum Gasteiger partial charge on any atom is -0.462 e. The molecule has 6 heteroatoms. The van der Waals surface area contributed by atoms with Crippen LogP contribution in [0, 0.1) is 0 Å². The number of esters is 3. The Morgan fingerprint density at radius 3 is 0.836 bits per heavy atom. The van der Waals surface area contributed by atoms with E-state index in [-0.39, 0.29) is 37.5 Å². The van der Waals surface area contributed by atoms with Gasteiger partial charge >= 0.3 is 17.9 Å². The summed E-state index contributed by atoms with van der Waals surface area (Å²) >= 11 is 0. The maximum atomic E-state index is 12.9. The minimum absolute atomic E-state index is 0.0970. The zero-order chi connectivity index (χ0) is 52.9. The van der Waals surface area contributed by atoms with Gasteiger partial charge in [-0.05, 0) is 89.9 Å². The summed E-state index contributed by atoms with van der Waals surface area (Å²) in [6.07, 6.45) is 79.1. The van der Waals surface area contributed by atoms with E-state index in [1.807, 2.05) is 0 Å². The Kier molecular flexibility index (Phi) is 58.7. The maximum Gasteiger partial charge on any atom is 0.306 e. The number of hydrogen-bond acceptors (Lipinski definition) is 6. The Bertz CT molecular complexity index is 1360. The van der Waals surface area contributed by atoms with Crippen LogP contribution in [0.15, 0.2) is 72.9 Å². The molecule has 0 heterocycles. The molecule has 0 spiro atoms. The van der Waals surface area contributed by atoms with Crippen LogP contribution >= 0.6 is 0 Å². The average Bonchev–Trinajstić information content (AvgIpc) is 3.39. The highest BCUT2D eigenvalue weighted by Gasteiger charge is 2.19. The van der Waals surface area contributed by atoms with Gasteiger partial charge in [0.1, 0.15) is 13.2 Å². The van der Waals surface area contributed by atoms with Crippen LogP contribution in [0.3, 0.4) is 0 Å². The van der Waals surface area contributed by atoms with E-state index in [4.69, 9.17) is 14.2 Å². The van der Waals surface area contributed by atoms with E-state index < -0.39 is 6.10 Å². The number of carbonyl (C=O) groups is 3. The van der Waals surface area contributed by atoms with Gasteiger partial charge in [-0.2, -0.15) is 0 Å². The van der Waals surface area contributed by atoms with Gasteiger partial charge in [-0.1, -0.05) is 280 Å². The summed E-state index contributed by atoms with van der Waals surface area (Å²) in [6, 6.07) is 0. The third-order valence-electron chi connectivity index (χ3n) is 13.7. The van der Waals surface area contributed by atoms with E-state index in [2.05, 4.69) is 93.7 Å². The van der Waals surface area contributed by atoms with Crippen molar-refractivity contribution in [2.75, 3.05) is 13.2 Å². The number of hydrogen-bond donors (Lipinski definition) is 0. The van der Waals surface area contributed by atoms with E-state index >= 15 is 0 Å². The highest BCUT2D eigenvalue weighted by molar-refractivity contribution is 5.71. The van der Waals surface area contributed by atoms with Crippen LogP contribution in [-0.4, -0.2) is 37.2 Å². The first kappa shape index (κ1) is 69.8. The molecule has 1 atom stereocenters. The van der Waals surface area contributed by atoms with Gasteiger partial charge in [-0.15, -0.1) is 0 Å². The quantitative estimate of drug-likeness (QED) is 0.0261. The van der Waals surface area contributed by atoms with Crippen molar-refractivity contribution >= 4 is 17.9 Å². The summed E-state index contributed by atoms with van der Waals surface area (Å²) in [6.45, 7) is 6.58. The molecule has 0 aromatic heterocycles. The van der Waals surface area contributed by atoms with Crippen molar-refractivity contribution in [3.63, 3.8) is 0 Å². The Morgan fingerprint density at radius 1 is 0.274 bits per heavy atom. The summed E-state index contributed by atoms with van der Waals surface area (Å²) in [5.74, 6) is -0.947. The summed E-state index contributed by atoms with van der Waals surface area (Å²) in [5.41, 5.74) is 0. The first-order valence-electron chi connectivity index (χ1n) is 31.4. The molecule has 0 unspecified atom stereocenters. The molecular formula is C67H118O6. The average molecular weight is 1020 g/mol. The Hall–Kier alpha value is -3.15. The molecule has 0 radical (unpaired) electrons. The molecule has 0 saturated carbocycles. The highest BCUT2D eigenvalue weighted by atomic mass is 16.6. The van der Waals surface area contributed by atoms with Crippen LogP contribution in [0.25, 0.3) is 0 Å². The second-order valence-corrected chi connectivity index (χ2v) is 21.0. The van der Waals surface area contributed by atoms with Gasteiger partial charge in [0.2, 0.25) is 0 Å². The topological polar surface area (TPSA) is 78.9 Å². The summed E-state index contributed by atoms with van der Waals surface area (Å²) in [7, 11) is 0. The Labute approximate surface area is 453 Å². The second-order valence-electron chi connectivity index (χ2n) is 21.0. The van der Waals surface area contributed by atoms with Crippen LogP contribution in [0.2, 0.25) is 0 Å². The number of allylic oxidation sites excluding steroid dienone is 12. The smallest absolute Gasteiger partial charge is 0.306 e. The SMILES string of the molecule is CCCCC/C=C\C/C=C\C/C=C\C/C=C\CCCC(=O)O[C@H](COC(=O)CCCCCCCCC/C=C\C/C=C\CCCCC)COC(=O)CCCCCCCCCCCCCCCCCCCCCCC. The molecule has 0 aromatic carbocycles. The van der Waals surface area contributed by atoms with E-state index in [0.29, 0.717) is 19.3 Å². The van der Waals surface area contributed by atoms with Crippen LogP contribution < -0.4 is 0 Å². The molecule has 0 N–H and O–H groups in total. The van der Waals surface area contributed by atoms with Crippen LogP contribution in [0.1, 0.15) is 316 Å². The standard InChI is InChI=1S/C67H118O6/c1-4-7-10-13-16-19-22-25-28-31-32-33-34-37-39-42-45-48-51-54-57-60-66(69)72-63-64(73-67(70)61-58-55-52-49-46-43-40-36-30-27-24-21-18-15-12-9-6-3)62-71-65(68)59-56-53-50-47-44-41-38-35-29-26-23-20-17-14-11-8-5-2/h17-18,20-21,26-27,29-30,40,43,49,52,64H,4-16,19,22-25,28,31-39,41-42,44-48,50-51,53-63H2,1-3H3/b20-17-,21-18-,29-26-,30-27-,43-40-,52-49-/t64-/m1/s1. The van der Waals surface area contributed by atoms with Crippen molar-refractivity contribution < 1.29 is 28.6 Å². The molecular weight excluding hydrogens is 901 g/mol. The largest absolute Gasteiger partial charge is 0.462 e. The number of carbonyl (C=O) groups excluding carboxylic acids is 3. The molecule has 0 aliphatic carbocycles. The van der Waals surface area contributed by atoms with Crippen LogP contribution in [0.5, 0.6) is 0 Å². The molecule has 0 bridgehead atoms. The van der Waals surface area contributed by atoms with Gasteiger partial charge in [0, 0.05) is 19.3 Å². The molecule has 0 aliphatic heterocycles. The predicted octanol–water partition coefficient (Wildman–Crippen LogP) is 21.3. The third-order valence-corrected chi connectivity index (χ3v) is 13.7. The lowest BCUT2D eigenvalue weighted by Gasteiger charge is -2.18. The Balaban J connectivity index is 4.41. The molecule has 73 heavy (non-hydrogen) atoms. The molecule has 422 valence electrons. The monoisotopic (exact) mass is 1020 g/mol. The molecule has 0 amide bonds. The predicted molar refractivity (Wildman–Crippen MR) is 316 cm³/mol. The lowest BCUT2D eigenvalue weighted by atomic mass is 10.0. The van der Waals surface area contributed by atoms with Gasteiger partial charge in [-0.3, -0.25) is 14.4 Å². The van der Waals surface area contributed by atoms with Gasteiger partial charge in [0.05, 0.1) is 0 Å². The van der Waals surface area contributed by atoms with Crippen molar-refractivity contribution in [3.8, 4) is 0 Å². The van der Waals surface area contributed by atoms with Crippen molar-refractivity contribution in [3.05, 3.63) is 72.9 Å². The zero-order valence-electron chi connectivity index (χ0n) is 48.4. The van der Waals surface area contributed by atoms with E-state index in [1.165, 1.54) is 193 Å². The number of ether oxygens (including phenoxy) is 3. The van der Waals surface area contributed by atoms with Crippen molar-refractivity contribution in [2.24, 2.45) is 0 Å². The Morgan fingerprint density at radius 2 is 0.507 bits per heavy atom. The van der Waals surface area contributed by atoms with Gasteiger partial charge in [0.25, 0.3) is 0 Å². The van der Waals surface area contributed by atoms with Crippen molar-refractivity contribution in [1.29, 1.82) is 0 Å². The molecule has 6 nitrogen and oxygen atoms in total. The van der Waals surface area contributed by atoms with Crippen LogP contribution in [-0.2, 0) is 28.6 Å². The fourth-order valence-corrected chi connectivity index (χ4v) is 8.94. The maximum absolute atomic E-state index is 12.9. The second kappa shape index (κ2) is 61.4. The van der Waals surface area contributed by atoms with Gasteiger partial charge in [0.15, 0.2) is 6.10 Å². The number of rotatable bonds is 57. The molecule has 0 aliphatic rings. The summed E-state index contributed by atoms with van der Waals surface area (Å²) < 4.78 is 16.9. The first-order valence-corrected chi connectivity index (χ1v) is 31.4. The van der Waals surface area contributed by atoms with E-state index in [1.54, 1.807) is 0 Å². The first-order chi connectivity index (χ1) is 36.0. The van der Waals surface area contributed by atoms with E-state index in [9.17, 15) is 14.4 Å². The normalized spacial score (nSPS) is 12.5. The fourth-order valence-electron chi connectivity index (χ4n) is 8.94. The fraction of sp³-hybridized carbons (Fsp3) is 0.776. The van der Waals surface area contributed by atoms with Crippen LogP contribution in [0.4, 0.5) is 0 Å². The molecule has 0 saturated heterocycles. The lowest BCUT2D eigenvalue weighted by Crippen LogP contribution is -2.30. The zero-order valence-corrected chi connectivity index (χ0v) is 48.4. The molecule has 0 aromatic rings. The number of unbranched alkanes of at least 4 members (excludes halogenated alkanes) is 34. The molecule has 0 fully saturated rings. The third kappa shape index (κ3) is 59.6. The van der Waals surface area contributed by atoms with Gasteiger partial charge < -0.3 is 14.2 Å². The van der Waals surface area contributed by atoms with Gasteiger partial charge in [-0.25, -0.2) is 0 Å². The van der Waals surface area contributed by atoms with Crippen molar-refractivity contribution in [1.82, 2.24) is 0 Å². The lowest BCUT2D eigenvalue weighted by molar-refractivity contribution is -0.167. The van der Waals surface area contributed by atoms with Crippen molar-refractivity contribution in [2.45, 2.75) is 322 Å². The minimum atomic E-state index is -0.807. The summed E-state index contributed by atoms with van der Waals surface area (Å²) in [4.78, 5) is 38.3. The summed E-state index contributed by atoms with van der Waals surface area (Å²) in [5, 5.41) is 0. The van der Waals surface area contributed by atoms with E-state index in [0.717, 1.165) is 77.0 Å². The highest BCUT2D eigenvalue weighted by Crippen LogP contribution is 2.17. The molecule has 0 rings (SSSR count).